The second-order valence-electron chi connectivity index (χ2n) is 6.58. The minimum absolute atomic E-state index is 0.276. The molecule has 2 aromatic carbocycles. The van der Waals surface area contributed by atoms with Gasteiger partial charge in [-0.25, -0.2) is 4.98 Å². The largest absolute Gasteiger partial charge is 0.457 e. The van der Waals surface area contributed by atoms with Crippen LogP contribution in [0.15, 0.2) is 54.7 Å². The van der Waals surface area contributed by atoms with Crippen LogP contribution in [0.5, 0.6) is 11.5 Å². The Kier molecular flexibility index (Phi) is 4.33. The number of aromatic nitrogens is 5. The van der Waals surface area contributed by atoms with Crippen LogP contribution in [0.2, 0.25) is 5.02 Å². The summed E-state index contributed by atoms with van der Waals surface area (Å²) in [5, 5.41) is 11.5. The fourth-order valence-corrected chi connectivity index (χ4v) is 3.37. The molecule has 3 N–H and O–H groups in total. The summed E-state index contributed by atoms with van der Waals surface area (Å²) in [5.41, 5.74) is 3.41. The van der Waals surface area contributed by atoms with E-state index < -0.39 is 0 Å². The fraction of sp³-hybridized carbons (Fsp3) is 0.0476. The highest BCUT2D eigenvalue weighted by atomic mass is 35.5. The standard InChI is InChI=1S/C21H15ClN6O2/c1-23-21(29)18-10-13(6-7-24-18)30-12-3-5-15-17(9-12)26-20(25-15)19-14-4-2-11(22)8-16(14)27-28-19/h2-10H,1H3,(H,23,29)(H,25,26)(H,27,28). The number of benzene rings is 2. The van der Waals surface area contributed by atoms with Crippen molar-refractivity contribution in [3.63, 3.8) is 0 Å². The first-order valence-electron chi connectivity index (χ1n) is 9.10. The normalized spacial score (nSPS) is 11.1. The number of rotatable bonds is 4. The smallest absolute Gasteiger partial charge is 0.269 e. The molecule has 0 aliphatic heterocycles. The van der Waals surface area contributed by atoms with Crippen LogP contribution in [0.25, 0.3) is 33.5 Å². The van der Waals surface area contributed by atoms with Gasteiger partial charge >= 0.3 is 0 Å². The Morgan fingerprint density at radius 1 is 1.07 bits per heavy atom. The van der Waals surface area contributed by atoms with Gasteiger partial charge in [0.05, 0.1) is 16.6 Å². The maximum absolute atomic E-state index is 11.8. The monoisotopic (exact) mass is 418 g/mol. The molecule has 8 nitrogen and oxygen atoms in total. The van der Waals surface area contributed by atoms with Crippen molar-refractivity contribution in [2.24, 2.45) is 0 Å². The molecule has 0 fully saturated rings. The number of H-pyrrole nitrogens is 2. The van der Waals surface area contributed by atoms with Gasteiger partial charge in [0.2, 0.25) is 0 Å². The number of imidazole rings is 1. The Hall–Kier alpha value is -3.91. The molecule has 0 unspecified atom stereocenters. The van der Waals surface area contributed by atoms with Crippen LogP contribution in [0.3, 0.4) is 0 Å². The van der Waals surface area contributed by atoms with Crippen LogP contribution in [-0.2, 0) is 0 Å². The van der Waals surface area contributed by atoms with Crippen LogP contribution in [0.4, 0.5) is 0 Å². The zero-order valence-electron chi connectivity index (χ0n) is 15.7. The van der Waals surface area contributed by atoms with E-state index in [-0.39, 0.29) is 11.6 Å². The number of hydrogen-bond acceptors (Lipinski definition) is 5. The molecule has 9 heteroatoms. The van der Waals surface area contributed by atoms with Gasteiger partial charge in [-0.3, -0.25) is 14.9 Å². The van der Waals surface area contributed by atoms with E-state index in [0.717, 1.165) is 21.9 Å². The summed E-state index contributed by atoms with van der Waals surface area (Å²) < 4.78 is 5.90. The number of pyridine rings is 1. The van der Waals surface area contributed by atoms with Gasteiger partial charge in [-0.2, -0.15) is 5.10 Å². The SMILES string of the molecule is CNC(=O)c1cc(Oc2ccc3nc(-c4n[nH]c5cc(Cl)ccc45)[nH]c3c2)ccn1. The van der Waals surface area contributed by atoms with Crippen LogP contribution >= 0.6 is 11.6 Å². The molecule has 0 saturated heterocycles. The summed E-state index contributed by atoms with van der Waals surface area (Å²) in [5.74, 6) is 1.48. The molecule has 5 aromatic rings. The number of nitrogens with zero attached hydrogens (tertiary/aromatic N) is 3. The van der Waals surface area contributed by atoms with E-state index in [1.165, 1.54) is 6.20 Å². The van der Waals surface area contributed by atoms with Crippen molar-refractivity contribution in [2.45, 2.75) is 0 Å². The van der Waals surface area contributed by atoms with Crippen molar-refractivity contribution in [1.29, 1.82) is 0 Å². The van der Waals surface area contributed by atoms with Gasteiger partial charge in [0.1, 0.15) is 22.9 Å². The molecular formula is C21H15ClN6O2. The Morgan fingerprint density at radius 2 is 1.93 bits per heavy atom. The number of fused-ring (bicyclic) bond motifs is 2. The highest BCUT2D eigenvalue weighted by Gasteiger charge is 2.14. The summed E-state index contributed by atoms with van der Waals surface area (Å²) in [4.78, 5) is 23.7. The molecule has 0 aliphatic carbocycles. The molecule has 0 aliphatic rings. The van der Waals surface area contributed by atoms with Crippen molar-refractivity contribution in [3.8, 4) is 23.0 Å². The number of ether oxygens (including phenoxy) is 1. The highest BCUT2D eigenvalue weighted by Crippen LogP contribution is 2.30. The maximum Gasteiger partial charge on any atom is 0.269 e. The number of nitrogens with one attached hydrogen (secondary N) is 3. The molecule has 3 aromatic heterocycles. The lowest BCUT2D eigenvalue weighted by Gasteiger charge is -2.06. The first-order valence-corrected chi connectivity index (χ1v) is 9.48. The van der Waals surface area contributed by atoms with Crippen molar-refractivity contribution >= 4 is 39.4 Å². The summed E-state index contributed by atoms with van der Waals surface area (Å²) in [7, 11) is 1.55. The second kappa shape index (κ2) is 7.16. The van der Waals surface area contributed by atoms with E-state index >= 15 is 0 Å². The molecule has 30 heavy (non-hydrogen) atoms. The van der Waals surface area contributed by atoms with Gasteiger partial charge in [0.25, 0.3) is 5.91 Å². The number of aromatic amines is 2. The molecule has 0 saturated carbocycles. The van der Waals surface area contributed by atoms with Crippen LogP contribution in [-0.4, -0.2) is 38.1 Å². The van der Waals surface area contributed by atoms with Crippen LogP contribution in [0, 0.1) is 0 Å². The van der Waals surface area contributed by atoms with E-state index in [9.17, 15) is 4.79 Å². The molecule has 1 amide bonds. The predicted molar refractivity (Wildman–Crippen MR) is 114 cm³/mol. The third-order valence-electron chi connectivity index (χ3n) is 4.63. The van der Waals surface area contributed by atoms with Crippen molar-refractivity contribution in [2.75, 3.05) is 7.05 Å². The first kappa shape index (κ1) is 18.1. The van der Waals surface area contributed by atoms with Gasteiger partial charge in [-0.15, -0.1) is 0 Å². The van der Waals surface area contributed by atoms with Crippen LogP contribution in [0.1, 0.15) is 10.5 Å². The van der Waals surface area contributed by atoms with E-state index in [1.54, 1.807) is 19.2 Å². The Labute approximate surface area is 175 Å². The topological polar surface area (TPSA) is 109 Å². The van der Waals surface area contributed by atoms with Gasteiger partial charge in [-0.05, 0) is 36.4 Å². The van der Waals surface area contributed by atoms with E-state index in [1.807, 2.05) is 36.4 Å². The average molecular weight is 419 g/mol. The Morgan fingerprint density at radius 3 is 2.80 bits per heavy atom. The quantitative estimate of drug-likeness (QED) is 0.403. The summed E-state index contributed by atoms with van der Waals surface area (Å²) in [6.07, 6.45) is 1.53. The lowest BCUT2D eigenvalue weighted by molar-refractivity contribution is 0.0958. The third kappa shape index (κ3) is 3.23. The average Bonchev–Trinajstić information content (AvgIpc) is 3.36. The van der Waals surface area contributed by atoms with Crippen molar-refractivity contribution in [3.05, 3.63) is 65.4 Å². The molecule has 0 radical (unpaired) electrons. The van der Waals surface area contributed by atoms with E-state index in [2.05, 4.69) is 30.5 Å². The number of halogens is 1. The van der Waals surface area contributed by atoms with E-state index in [0.29, 0.717) is 28.0 Å². The molecule has 0 bridgehead atoms. The maximum atomic E-state index is 11.8. The zero-order valence-corrected chi connectivity index (χ0v) is 16.5. The molecule has 0 spiro atoms. The van der Waals surface area contributed by atoms with Gasteiger partial charge in [0.15, 0.2) is 5.82 Å². The van der Waals surface area contributed by atoms with E-state index in [4.69, 9.17) is 16.3 Å². The molecule has 3 heterocycles. The van der Waals surface area contributed by atoms with Gasteiger partial charge in [-0.1, -0.05) is 11.6 Å². The lowest BCUT2D eigenvalue weighted by Crippen LogP contribution is -2.18. The minimum Gasteiger partial charge on any atom is -0.457 e. The number of carbonyl (C=O) groups is 1. The summed E-state index contributed by atoms with van der Waals surface area (Å²) >= 11 is 6.05. The molecule has 148 valence electrons. The fourth-order valence-electron chi connectivity index (χ4n) is 3.20. The third-order valence-corrected chi connectivity index (χ3v) is 4.86. The Balaban J connectivity index is 1.48. The minimum atomic E-state index is -0.276. The molecule has 5 rings (SSSR count). The summed E-state index contributed by atoms with van der Waals surface area (Å²) in [6, 6.07) is 14.3. The summed E-state index contributed by atoms with van der Waals surface area (Å²) in [6.45, 7) is 0. The number of hydrogen-bond donors (Lipinski definition) is 3. The highest BCUT2D eigenvalue weighted by molar-refractivity contribution is 6.31. The molecular weight excluding hydrogens is 404 g/mol. The molecule has 0 atom stereocenters. The van der Waals surface area contributed by atoms with Crippen LogP contribution < -0.4 is 10.1 Å². The second-order valence-corrected chi connectivity index (χ2v) is 7.02. The number of carbonyl (C=O) groups excluding carboxylic acids is 1. The Bertz CT molecular complexity index is 1410. The number of amides is 1. The first-order chi connectivity index (χ1) is 14.6. The van der Waals surface area contributed by atoms with Gasteiger partial charge in [0, 0.05) is 35.8 Å². The van der Waals surface area contributed by atoms with Crippen molar-refractivity contribution in [1.82, 2.24) is 30.5 Å². The zero-order chi connectivity index (χ0) is 20.7. The predicted octanol–water partition coefficient (Wildman–Crippen LogP) is 4.31. The lowest BCUT2D eigenvalue weighted by atomic mass is 10.2. The van der Waals surface area contributed by atoms with Crippen molar-refractivity contribution < 1.29 is 9.53 Å². The van der Waals surface area contributed by atoms with Gasteiger partial charge < -0.3 is 15.0 Å².